The maximum Gasteiger partial charge on any atom is 0.402 e. The Hall–Kier alpha value is -0.870. The van der Waals surface area contributed by atoms with Crippen LogP contribution in [0.25, 0.3) is 0 Å². The van der Waals surface area contributed by atoms with E-state index in [1.54, 1.807) is 0 Å². The SMILES string of the molecule is CN(C)S(=O)(=O)N(CC(=O)O)CC(F)(F)F. The summed E-state index contributed by atoms with van der Waals surface area (Å²) in [4.78, 5) is 10.3. The Morgan fingerprint density at radius 3 is 2.00 bits per heavy atom. The molecular weight excluding hydrogens is 253 g/mol. The molecule has 0 saturated heterocycles. The van der Waals surface area contributed by atoms with Crippen LogP contribution in [0.4, 0.5) is 13.2 Å². The highest BCUT2D eigenvalue weighted by molar-refractivity contribution is 7.86. The Morgan fingerprint density at radius 2 is 1.75 bits per heavy atom. The van der Waals surface area contributed by atoms with Crippen LogP contribution < -0.4 is 0 Å². The molecule has 6 nitrogen and oxygen atoms in total. The number of nitrogens with zero attached hydrogens (tertiary/aromatic N) is 2. The molecule has 1 N–H and O–H groups in total. The zero-order chi connectivity index (χ0) is 13.1. The maximum absolute atomic E-state index is 12.0. The van der Waals surface area contributed by atoms with Gasteiger partial charge in [-0.25, -0.2) is 0 Å². The largest absolute Gasteiger partial charge is 0.480 e. The third kappa shape index (κ3) is 4.77. The molecular formula is C6H11F3N2O4S. The van der Waals surface area contributed by atoms with Crippen LogP contribution in [0.1, 0.15) is 0 Å². The van der Waals surface area contributed by atoms with E-state index in [0.717, 1.165) is 14.1 Å². The van der Waals surface area contributed by atoms with E-state index in [0.29, 0.717) is 4.31 Å². The van der Waals surface area contributed by atoms with Crippen LogP contribution in [0.2, 0.25) is 0 Å². The van der Waals surface area contributed by atoms with Crippen LogP contribution in [0.15, 0.2) is 0 Å². The minimum absolute atomic E-state index is 0.157. The molecule has 0 aliphatic heterocycles. The summed E-state index contributed by atoms with van der Waals surface area (Å²) in [5, 5.41) is 8.33. The predicted molar refractivity (Wildman–Crippen MR) is 47.9 cm³/mol. The van der Waals surface area contributed by atoms with Gasteiger partial charge in [0.2, 0.25) is 0 Å². The molecule has 0 unspecified atom stereocenters. The molecule has 0 aromatic heterocycles. The molecule has 0 aliphatic rings. The third-order valence-corrected chi connectivity index (χ3v) is 3.29. The molecule has 0 bridgehead atoms. The summed E-state index contributed by atoms with van der Waals surface area (Å²) in [6, 6.07) is 0. The molecule has 0 saturated carbocycles. The minimum atomic E-state index is -4.79. The first kappa shape index (κ1) is 15.1. The summed E-state index contributed by atoms with van der Waals surface area (Å²) < 4.78 is 59.1. The van der Waals surface area contributed by atoms with Gasteiger partial charge < -0.3 is 5.11 Å². The summed E-state index contributed by atoms with van der Waals surface area (Å²) in [6.07, 6.45) is -4.79. The first-order valence-corrected chi connectivity index (χ1v) is 5.32. The van der Waals surface area contributed by atoms with Crippen molar-refractivity contribution in [3.63, 3.8) is 0 Å². The van der Waals surface area contributed by atoms with Gasteiger partial charge in [-0.05, 0) is 0 Å². The van der Waals surface area contributed by atoms with Gasteiger partial charge in [-0.2, -0.15) is 30.2 Å². The van der Waals surface area contributed by atoms with E-state index >= 15 is 0 Å². The second-order valence-corrected chi connectivity index (χ2v) is 5.21. The summed E-state index contributed by atoms with van der Waals surface area (Å²) in [6.45, 7) is -3.07. The van der Waals surface area contributed by atoms with Crippen LogP contribution in [0, 0.1) is 0 Å². The third-order valence-electron chi connectivity index (χ3n) is 1.45. The number of carboxylic acids is 1. The lowest BCUT2D eigenvalue weighted by Crippen LogP contribution is -2.46. The monoisotopic (exact) mass is 264 g/mol. The average Bonchev–Trinajstić information content (AvgIpc) is 1.98. The molecule has 0 heterocycles. The van der Waals surface area contributed by atoms with Gasteiger partial charge in [0, 0.05) is 14.1 Å². The Kier molecular flexibility index (Phi) is 4.70. The Balaban J connectivity index is 5.03. The van der Waals surface area contributed by atoms with Crippen molar-refractivity contribution in [2.24, 2.45) is 0 Å². The second-order valence-electron chi connectivity index (χ2n) is 3.07. The van der Waals surface area contributed by atoms with Gasteiger partial charge in [-0.3, -0.25) is 4.79 Å². The Morgan fingerprint density at radius 1 is 1.31 bits per heavy atom. The lowest BCUT2D eigenvalue weighted by molar-refractivity contribution is -0.146. The first-order valence-electron chi connectivity index (χ1n) is 3.93. The molecule has 96 valence electrons. The summed E-state index contributed by atoms with van der Waals surface area (Å²) in [7, 11) is -2.37. The standard InChI is InChI=1S/C6H11F3N2O4S/c1-10(2)16(14,15)11(3-5(12)13)4-6(7,8)9/h3-4H2,1-2H3,(H,12,13). The van der Waals surface area contributed by atoms with Crippen molar-refractivity contribution in [3.8, 4) is 0 Å². The van der Waals surface area contributed by atoms with Crippen LogP contribution in [0.5, 0.6) is 0 Å². The lowest BCUT2D eigenvalue weighted by Gasteiger charge is -2.24. The molecule has 10 heteroatoms. The number of carboxylic acid groups (broad SMARTS) is 1. The molecule has 0 fully saturated rings. The van der Waals surface area contributed by atoms with Gasteiger partial charge in [0.1, 0.15) is 13.1 Å². The van der Waals surface area contributed by atoms with Crippen molar-refractivity contribution in [2.75, 3.05) is 27.2 Å². The first-order chi connectivity index (χ1) is 6.97. The maximum atomic E-state index is 12.0. The van der Waals surface area contributed by atoms with E-state index in [4.69, 9.17) is 5.11 Å². The van der Waals surface area contributed by atoms with Crippen molar-refractivity contribution >= 4 is 16.2 Å². The number of rotatable bonds is 5. The highest BCUT2D eigenvalue weighted by Gasteiger charge is 2.38. The fourth-order valence-electron chi connectivity index (χ4n) is 0.801. The van der Waals surface area contributed by atoms with Crippen LogP contribution >= 0.6 is 0 Å². The quantitative estimate of drug-likeness (QED) is 0.742. The molecule has 0 spiro atoms. The Labute approximate surface area is 90.4 Å². The fourth-order valence-corrected chi connectivity index (χ4v) is 1.85. The van der Waals surface area contributed by atoms with Crippen molar-refractivity contribution in [2.45, 2.75) is 6.18 Å². The predicted octanol–water partition coefficient (Wildman–Crippen LogP) is -0.258. The average molecular weight is 264 g/mol. The number of hydrogen-bond donors (Lipinski definition) is 1. The second kappa shape index (κ2) is 4.97. The highest BCUT2D eigenvalue weighted by Crippen LogP contribution is 2.19. The zero-order valence-electron chi connectivity index (χ0n) is 8.52. The summed E-state index contributed by atoms with van der Waals surface area (Å²) in [5.41, 5.74) is 0. The van der Waals surface area contributed by atoms with Gasteiger partial charge >= 0.3 is 12.1 Å². The van der Waals surface area contributed by atoms with Gasteiger partial charge in [0.15, 0.2) is 0 Å². The van der Waals surface area contributed by atoms with Crippen molar-refractivity contribution < 1.29 is 31.5 Å². The minimum Gasteiger partial charge on any atom is -0.480 e. The van der Waals surface area contributed by atoms with Crippen LogP contribution in [0.3, 0.4) is 0 Å². The van der Waals surface area contributed by atoms with E-state index in [1.165, 1.54) is 0 Å². The zero-order valence-corrected chi connectivity index (χ0v) is 9.34. The van der Waals surface area contributed by atoms with Gasteiger partial charge in [-0.1, -0.05) is 0 Å². The molecule has 0 aromatic carbocycles. The molecule has 16 heavy (non-hydrogen) atoms. The molecule has 0 aromatic rings. The van der Waals surface area contributed by atoms with Gasteiger partial charge in [-0.15, -0.1) is 0 Å². The number of alkyl halides is 3. The van der Waals surface area contributed by atoms with Crippen molar-refractivity contribution in [1.82, 2.24) is 8.61 Å². The highest BCUT2D eigenvalue weighted by atomic mass is 32.2. The van der Waals surface area contributed by atoms with Crippen molar-refractivity contribution in [3.05, 3.63) is 0 Å². The fraction of sp³-hybridized carbons (Fsp3) is 0.833. The summed E-state index contributed by atoms with van der Waals surface area (Å²) >= 11 is 0. The molecule has 0 atom stereocenters. The normalized spacial score (nSPS) is 13.4. The number of halogens is 3. The molecule has 0 radical (unpaired) electrons. The van der Waals surface area contributed by atoms with E-state index < -0.39 is 35.4 Å². The molecule has 0 amide bonds. The number of carbonyl (C=O) groups is 1. The summed E-state index contributed by atoms with van der Waals surface area (Å²) in [5.74, 6) is -1.66. The topological polar surface area (TPSA) is 77.9 Å². The van der Waals surface area contributed by atoms with E-state index in [9.17, 15) is 26.4 Å². The van der Waals surface area contributed by atoms with Gasteiger partial charge in [0.25, 0.3) is 10.2 Å². The smallest absolute Gasteiger partial charge is 0.402 e. The number of aliphatic carboxylic acids is 1. The number of hydrogen-bond acceptors (Lipinski definition) is 3. The van der Waals surface area contributed by atoms with E-state index in [-0.39, 0.29) is 4.31 Å². The van der Waals surface area contributed by atoms with Crippen LogP contribution in [-0.2, 0) is 15.0 Å². The lowest BCUT2D eigenvalue weighted by atomic mass is 10.6. The van der Waals surface area contributed by atoms with Crippen LogP contribution in [-0.4, -0.2) is 61.5 Å². The molecule has 0 aliphatic carbocycles. The molecule has 0 rings (SSSR count). The van der Waals surface area contributed by atoms with E-state index in [2.05, 4.69) is 0 Å². The van der Waals surface area contributed by atoms with Crippen molar-refractivity contribution in [1.29, 1.82) is 0 Å². The van der Waals surface area contributed by atoms with Gasteiger partial charge in [0.05, 0.1) is 0 Å². The Bertz CT molecular complexity index is 351. The van der Waals surface area contributed by atoms with E-state index in [1.807, 2.05) is 0 Å².